The molecule has 1 atom stereocenters. The van der Waals surface area contributed by atoms with Crippen LogP contribution in [0.25, 0.3) is 22.3 Å². The fourth-order valence-electron chi connectivity index (χ4n) is 8.76. The minimum Gasteiger partial charge on any atom is -0.455 e. The Morgan fingerprint density at radius 1 is 1.09 bits per heavy atom. The molecule has 2 amide bonds. The monoisotopic (exact) mass is 633 g/mol. The highest BCUT2D eigenvalue weighted by Gasteiger charge is 2.50. The van der Waals surface area contributed by atoms with Gasteiger partial charge in [-0.3, -0.25) is 9.59 Å². The van der Waals surface area contributed by atoms with Gasteiger partial charge in [-0.1, -0.05) is 31.7 Å². The number of nitrogen functional groups attached to an aromatic ring is 1. The molecule has 4 aliphatic rings. The summed E-state index contributed by atoms with van der Waals surface area (Å²) >= 11 is 0. The number of benzene rings is 2. The van der Waals surface area contributed by atoms with E-state index in [9.17, 15) is 9.59 Å². The molecule has 4 N–H and O–H groups in total. The van der Waals surface area contributed by atoms with E-state index in [4.69, 9.17) is 15.6 Å². The Bertz CT molecular complexity index is 1770. The standard InChI is InChI=1S/C37H43N7O3/c1-3-31(45)42-29-18-27(9-10-30(29)47-28-7-5-4-6-8-28)33-32-34(38)40-22-41-35(32)44(43-33)14-13-39-36(46)23(2)11-12-37-19-24-15-25(20-37)17-26(16-24)21-37/h3-10,18,22-26H,1,11-17,19-21H2,2H3,(H,39,46)(H,42,45)(H2,38,40,41)/t23-,24?,25?,26?,37?/m1/s1. The summed E-state index contributed by atoms with van der Waals surface area (Å²) in [5, 5.41) is 11.4. The second kappa shape index (κ2) is 12.8. The Morgan fingerprint density at radius 2 is 1.81 bits per heavy atom. The fraction of sp³-hybridized carbons (Fsp3) is 0.432. The van der Waals surface area contributed by atoms with Crippen LogP contribution in [0.3, 0.4) is 0 Å². The second-order valence-electron chi connectivity index (χ2n) is 14.0. The van der Waals surface area contributed by atoms with E-state index in [2.05, 4.69) is 34.1 Å². The molecule has 0 spiro atoms. The van der Waals surface area contributed by atoms with Gasteiger partial charge in [0.25, 0.3) is 0 Å². The molecule has 4 saturated carbocycles. The summed E-state index contributed by atoms with van der Waals surface area (Å²) in [7, 11) is 0. The lowest BCUT2D eigenvalue weighted by Gasteiger charge is -2.57. The number of rotatable bonds is 12. The van der Waals surface area contributed by atoms with E-state index in [0.29, 0.717) is 63.8 Å². The molecule has 0 saturated heterocycles. The van der Waals surface area contributed by atoms with Crippen molar-refractivity contribution in [3.8, 4) is 22.8 Å². The lowest BCUT2D eigenvalue weighted by Crippen LogP contribution is -2.46. The number of carbonyl (C=O) groups is 2. The van der Waals surface area contributed by atoms with Crippen LogP contribution >= 0.6 is 0 Å². The third kappa shape index (κ3) is 6.46. The number of para-hydroxylation sites is 1. The van der Waals surface area contributed by atoms with E-state index in [0.717, 1.165) is 24.2 Å². The van der Waals surface area contributed by atoms with E-state index in [1.165, 1.54) is 57.3 Å². The first-order chi connectivity index (χ1) is 22.8. The molecular weight excluding hydrogens is 590 g/mol. The minimum atomic E-state index is -0.374. The van der Waals surface area contributed by atoms with Gasteiger partial charge >= 0.3 is 0 Å². The fourth-order valence-corrected chi connectivity index (χ4v) is 8.76. The Kier molecular flexibility index (Phi) is 8.42. The largest absolute Gasteiger partial charge is 0.455 e. The van der Waals surface area contributed by atoms with Gasteiger partial charge < -0.3 is 21.1 Å². The summed E-state index contributed by atoms with van der Waals surface area (Å²) in [6.07, 6.45) is 13.2. The lowest BCUT2D eigenvalue weighted by molar-refractivity contribution is -0.125. The second-order valence-corrected chi connectivity index (χ2v) is 14.0. The predicted octanol–water partition coefficient (Wildman–Crippen LogP) is 6.74. The number of ether oxygens (including phenoxy) is 1. The molecule has 47 heavy (non-hydrogen) atoms. The summed E-state index contributed by atoms with van der Waals surface area (Å²) in [6, 6.07) is 14.7. The zero-order valence-electron chi connectivity index (χ0n) is 27.0. The molecule has 4 aromatic rings. The molecule has 10 nitrogen and oxygen atoms in total. The number of hydrogen-bond donors (Lipinski definition) is 3. The molecule has 4 fully saturated rings. The van der Waals surface area contributed by atoms with Crippen LogP contribution in [-0.4, -0.2) is 38.1 Å². The molecular formula is C37H43N7O3. The maximum atomic E-state index is 13.2. The van der Waals surface area contributed by atoms with Gasteiger partial charge in [-0.2, -0.15) is 5.10 Å². The molecule has 0 aliphatic heterocycles. The van der Waals surface area contributed by atoms with Crippen molar-refractivity contribution in [3.63, 3.8) is 0 Å². The molecule has 10 heteroatoms. The normalized spacial score (nSPS) is 23.4. The van der Waals surface area contributed by atoms with Crippen LogP contribution in [0, 0.1) is 29.1 Å². The van der Waals surface area contributed by atoms with Crippen LogP contribution in [0.15, 0.2) is 67.5 Å². The Morgan fingerprint density at radius 3 is 2.51 bits per heavy atom. The van der Waals surface area contributed by atoms with Crippen LogP contribution in [0.1, 0.15) is 58.3 Å². The van der Waals surface area contributed by atoms with Crippen molar-refractivity contribution in [1.82, 2.24) is 25.1 Å². The average molecular weight is 634 g/mol. The van der Waals surface area contributed by atoms with Crippen molar-refractivity contribution in [2.24, 2.45) is 29.1 Å². The van der Waals surface area contributed by atoms with Gasteiger partial charge in [0, 0.05) is 18.0 Å². The topological polar surface area (TPSA) is 137 Å². The average Bonchev–Trinajstić information content (AvgIpc) is 3.44. The number of amides is 2. The summed E-state index contributed by atoms with van der Waals surface area (Å²) in [6.45, 7) is 6.45. The number of nitrogens with two attached hydrogens (primary N) is 1. The summed E-state index contributed by atoms with van der Waals surface area (Å²) in [5.41, 5.74) is 9.11. The number of fused-ring (bicyclic) bond motifs is 1. The number of nitrogens with zero attached hydrogens (tertiary/aromatic N) is 4. The predicted molar refractivity (Wildman–Crippen MR) is 183 cm³/mol. The van der Waals surface area contributed by atoms with Crippen LogP contribution in [0.2, 0.25) is 0 Å². The van der Waals surface area contributed by atoms with Gasteiger partial charge in [0.1, 0.15) is 23.6 Å². The molecule has 0 unspecified atom stereocenters. The van der Waals surface area contributed by atoms with E-state index in [1.807, 2.05) is 36.4 Å². The summed E-state index contributed by atoms with van der Waals surface area (Å²) < 4.78 is 7.82. The number of nitrogens with one attached hydrogen (secondary N) is 2. The molecule has 4 bridgehead atoms. The maximum absolute atomic E-state index is 13.2. The van der Waals surface area contributed by atoms with Crippen LogP contribution in [0.5, 0.6) is 11.5 Å². The van der Waals surface area contributed by atoms with Gasteiger partial charge in [-0.05, 0) is 111 Å². The highest BCUT2D eigenvalue weighted by Crippen LogP contribution is 2.61. The van der Waals surface area contributed by atoms with Crippen molar-refractivity contribution in [2.45, 2.75) is 64.8 Å². The zero-order chi connectivity index (χ0) is 32.5. The van der Waals surface area contributed by atoms with E-state index >= 15 is 0 Å². The molecule has 2 aromatic carbocycles. The first-order valence-electron chi connectivity index (χ1n) is 16.8. The molecule has 4 aliphatic carbocycles. The summed E-state index contributed by atoms with van der Waals surface area (Å²) in [5.74, 6) is 3.83. The highest BCUT2D eigenvalue weighted by molar-refractivity contribution is 6.02. The van der Waals surface area contributed by atoms with Crippen LogP contribution in [-0.2, 0) is 16.1 Å². The van der Waals surface area contributed by atoms with Crippen LogP contribution < -0.4 is 21.1 Å². The quantitative estimate of drug-likeness (QED) is 0.147. The van der Waals surface area contributed by atoms with Gasteiger partial charge in [-0.15, -0.1) is 0 Å². The SMILES string of the molecule is C=CC(=O)Nc1cc(-c2nn(CCNC(=O)[C@H](C)CCC34CC5CC(CC(C5)C3)C4)c3ncnc(N)c23)ccc1Oc1ccccc1. The summed E-state index contributed by atoms with van der Waals surface area (Å²) in [4.78, 5) is 34.2. The number of anilines is 2. The lowest BCUT2D eigenvalue weighted by atomic mass is 9.48. The number of aromatic nitrogens is 4. The number of carbonyl (C=O) groups excluding carboxylic acids is 2. The first kappa shape index (κ1) is 30.9. The Balaban J connectivity index is 1.05. The first-order valence-corrected chi connectivity index (χ1v) is 16.8. The van der Waals surface area contributed by atoms with Gasteiger partial charge in [0.05, 0.1) is 17.6 Å². The van der Waals surface area contributed by atoms with Crippen molar-refractivity contribution < 1.29 is 14.3 Å². The van der Waals surface area contributed by atoms with Crippen LogP contribution in [0.4, 0.5) is 11.5 Å². The number of hydrogen-bond acceptors (Lipinski definition) is 7. The van der Waals surface area contributed by atoms with Gasteiger partial charge in [0.15, 0.2) is 11.4 Å². The van der Waals surface area contributed by atoms with Crippen molar-refractivity contribution in [2.75, 3.05) is 17.6 Å². The zero-order valence-corrected chi connectivity index (χ0v) is 27.0. The third-order valence-electron chi connectivity index (χ3n) is 10.6. The van der Waals surface area contributed by atoms with Crippen molar-refractivity contribution >= 4 is 34.4 Å². The van der Waals surface area contributed by atoms with Crippen molar-refractivity contribution in [1.29, 1.82) is 0 Å². The molecule has 244 valence electrons. The molecule has 2 heterocycles. The Hall–Kier alpha value is -4.73. The van der Waals surface area contributed by atoms with Crippen molar-refractivity contribution in [3.05, 3.63) is 67.5 Å². The van der Waals surface area contributed by atoms with E-state index in [-0.39, 0.29) is 17.7 Å². The van der Waals surface area contributed by atoms with Gasteiger partial charge in [-0.25, -0.2) is 14.6 Å². The third-order valence-corrected chi connectivity index (χ3v) is 10.6. The molecule has 0 radical (unpaired) electrons. The van der Waals surface area contributed by atoms with E-state index < -0.39 is 0 Å². The molecule has 2 aromatic heterocycles. The molecule has 8 rings (SSSR count). The highest BCUT2D eigenvalue weighted by atomic mass is 16.5. The minimum absolute atomic E-state index is 0.0354. The Labute approximate surface area is 275 Å². The smallest absolute Gasteiger partial charge is 0.247 e. The van der Waals surface area contributed by atoms with E-state index in [1.54, 1.807) is 16.8 Å². The maximum Gasteiger partial charge on any atom is 0.247 e. The van der Waals surface area contributed by atoms with Gasteiger partial charge in [0.2, 0.25) is 11.8 Å².